The van der Waals surface area contributed by atoms with Crippen LogP contribution in [-0.4, -0.2) is 11.9 Å². The van der Waals surface area contributed by atoms with Crippen LogP contribution in [0, 0.1) is 12.7 Å². The molecule has 0 aromatic heterocycles. The van der Waals surface area contributed by atoms with Crippen LogP contribution in [0.3, 0.4) is 0 Å². The first-order valence-electron chi connectivity index (χ1n) is 7.46. The van der Waals surface area contributed by atoms with Crippen LogP contribution in [-0.2, 0) is 4.79 Å². The molecule has 1 amide bonds. The molecule has 5 heteroatoms. The van der Waals surface area contributed by atoms with Gasteiger partial charge in [-0.25, -0.2) is 4.39 Å². The van der Waals surface area contributed by atoms with Crippen LogP contribution in [0.25, 0.3) is 0 Å². The van der Waals surface area contributed by atoms with E-state index in [9.17, 15) is 9.18 Å². The number of amides is 1. The summed E-state index contributed by atoms with van der Waals surface area (Å²) in [4.78, 5) is 12.3. The minimum Gasteiger partial charge on any atom is -0.323 e. The zero-order valence-corrected chi connectivity index (χ0v) is 14.1. The van der Waals surface area contributed by atoms with E-state index in [1.54, 1.807) is 6.92 Å². The molecule has 2 aromatic carbocycles. The minimum atomic E-state index is -0.438. The number of carbonyl (C=O) groups is 1. The van der Waals surface area contributed by atoms with Crippen molar-refractivity contribution in [1.82, 2.24) is 5.32 Å². The van der Waals surface area contributed by atoms with Gasteiger partial charge in [-0.2, -0.15) is 0 Å². The van der Waals surface area contributed by atoms with Crippen LogP contribution >= 0.6 is 11.6 Å². The van der Waals surface area contributed by atoms with Gasteiger partial charge in [0, 0.05) is 6.04 Å². The van der Waals surface area contributed by atoms with Gasteiger partial charge >= 0.3 is 0 Å². The molecule has 2 rings (SSSR count). The summed E-state index contributed by atoms with van der Waals surface area (Å²) in [7, 11) is 0. The number of rotatable bonds is 5. The van der Waals surface area contributed by atoms with Crippen LogP contribution in [0.5, 0.6) is 0 Å². The van der Waals surface area contributed by atoms with E-state index in [4.69, 9.17) is 11.6 Å². The predicted octanol–water partition coefficient (Wildman–Crippen LogP) is 4.47. The summed E-state index contributed by atoms with van der Waals surface area (Å²) in [5, 5.41) is 6.15. The van der Waals surface area contributed by atoms with E-state index in [-0.39, 0.29) is 17.0 Å². The zero-order chi connectivity index (χ0) is 17.0. The predicted molar refractivity (Wildman–Crippen MR) is 92.2 cm³/mol. The van der Waals surface area contributed by atoms with Crippen molar-refractivity contribution < 1.29 is 9.18 Å². The van der Waals surface area contributed by atoms with Gasteiger partial charge in [0.2, 0.25) is 5.91 Å². The number of hydrogen-bond donors (Lipinski definition) is 2. The van der Waals surface area contributed by atoms with Crippen molar-refractivity contribution >= 4 is 23.2 Å². The Hall–Kier alpha value is -1.91. The average Bonchev–Trinajstić information content (AvgIpc) is 2.50. The highest BCUT2D eigenvalue weighted by Crippen LogP contribution is 2.23. The molecule has 23 heavy (non-hydrogen) atoms. The number of benzene rings is 2. The van der Waals surface area contributed by atoms with Crippen molar-refractivity contribution in [2.24, 2.45) is 0 Å². The summed E-state index contributed by atoms with van der Waals surface area (Å²) < 4.78 is 13.0. The maximum absolute atomic E-state index is 13.0. The van der Waals surface area contributed by atoms with E-state index in [2.05, 4.69) is 10.6 Å². The molecule has 0 heterocycles. The minimum absolute atomic E-state index is 0.0284. The fourth-order valence-corrected chi connectivity index (χ4v) is 2.66. The highest BCUT2D eigenvalue weighted by atomic mass is 35.5. The number of aryl methyl sites for hydroxylation is 1. The van der Waals surface area contributed by atoms with E-state index < -0.39 is 11.9 Å². The van der Waals surface area contributed by atoms with Gasteiger partial charge in [0.15, 0.2) is 0 Å². The summed E-state index contributed by atoms with van der Waals surface area (Å²) in [5.74, 6) is -0.661. The summed E-state index contributed by atoms with van der Waals surface area (Å²) in [6.07, 6.45) is 0. The van der Waals surface area contributed by atoms with Crippen LogP contribution in [0.4, 0.5) is 10.1 Å². The summed E-state index contributed by atoms with van der Waals surface area (Å²) in [6, 6.07) is 11.5. The van der Waals surface area contributed by atoms with E-state index in [1.807, 2.05) is 38.1 Å². The molecular formula is C18H20ClFN2O. The van der Waals surface area contributed by atoms with Gasteiger partial charge in [0.25, 0.3) is 0 Å². The number of nitrogens with one attached hydrogen (secondary N) is 2. The van der Waals surface area contributed by atoms with Crippen molar-refractivity contribution in [3.05, 3.63) is 64.4 Å². The van der Waals surface area contributed by atoms with Gasteiger partial charge in [0.1, 0.15) is 5.82 Å². The van der Waals surface area contributed by atoms with Crippen molar-refractivity contribution in [1.29, 1.82) is 0 Å². The first kappa shape index (κ1) is 17.4. The van der Waals surface area contributed by atoms with E-state index >= 15 is 0 Å². The lowest BCUT2D eigenvalue weighted by Gasteiger charge is -2.21. The van der Waals surface area contributed by atoms with Crippen molar-refractivity contribution in [3.8, 4) is 0 Å². The highest BCUT2D eigenvalue weighted by Gasteiger charge is 2.18. The Morgan fingerprint density at radius 2 is 1.87 bits per heavy atom. The average molecular weight is 335 g/mol. The molecule has 0 saturated carbocycles. The van der Waals surface area contributed by atoms with Crippen LogP contribution in [0.15, 0.2) is 42.5 Å². The van der Waals surface area contributed by atoms with Gasteiger partial charge in [0.05, 0.1) is 16.8 Å². The third-order valence-electron chi connectivity index (χ3n) is 3.74. The SMILES string of the molecule is Cc1ccccc1[C@H](C)N[C@@H](C)C(=O)Nc1ccc(F)cc1Cl. The lowest BCUT2D eigenvalue weighted by Crippen LogP contribution is -2.39. The highest BCUT2D eigenvalue weighted by molar-refractivity contribution is 6.33. The number of carbonyl (C=O) groups excluding carboxylic acids is 1. The molecule has 2 atom stereocenters. The van der Waals surface area contributed by atoms with E-state index in [1.165, 1.54) is 23.8 Å². The molecular weight excluding hydrogens is 315 g/mol. The van der Waals surface area contributed by atoms with Crippen molar-refractivity contribution in [2.45, 2.75) is 32.9 Å². The van der Waals surface area contributed by atoms with Gasteiger partial charge in [-0.05, 0) is 50.1 Å². The molecule has 0 aliphatic heterocycles. The third-order valence-corrected chi connectivity index (χ3v) is 4.05. The van der Waals surface area contributed by atoms with Crippen LogP contribution in [0.2, 0.25) is 5.02 Å². The molecule has 2 N–H and O–H groups in total. The van der Waals surface area contributed by atoms with Crippen molar-refractivity contribution in [2.75, 3.05) is 5.32 Å². The first-order valence-corrected chi connectivity index (χ1v) is 7.83. The number of hydrogen-bond acceptors (Lipinski definition) is 2. The Morgan fingerprint density at radius 3 is 2.52 bits per heavy atom. The molecule has 0 unspecified atom stereocenters. The summed E-state index contributed by atoms with van der Waals surface area (Å²) >= 11 is 5.93. The van der Waals surface area contributed by atoms with Gasteiger partial charge in [-0.3, -0.25) is 10.1 Å². The Bertz CT molecular complexity index is 705. The lowest BCUT2D eigenvalue weighted by atomic mass is 10.0. The Morgan fingerprint density at radius 1 is 1.17 bits per heavy atom. The van der Waals surface area contributed by atoms with Gasteiger partial charge in [-0.1, -0.05) is 35.9 Å². The second-order valence-electron chi connectivity index (χ2n) is 5.58. The molecule has 2 aromatic rings. The molecule has 122 valence electrons. The molecule has 0 fully saturated rings. The summed E-state index contributed by atoms with van der Waals surface area (Å²) in [6.45, 7) is 5.83. The van der Waals surface area contributed by atoms with E-state index in [0.29, 0.717) is 5.69 Å². The molecule has 0 spiro atoms. The topological polar surface area (TPSA) is 41.1 Å². The third kappa shape index (κ3) is 4.53. The fourth-order valence-electron chi connectivity index (χ4n) is 2.44. The molecule has 0 saturated heterocycles. The summed E-state index contributed by atoms with van der Waals surface area (Å²) in [5.41, 5.74) is 2.71. The fraction of sp³-hybridized carbons (Fsp3) is 0.278. The molecule has 0 aliphatic carbocycles. The molecule has 0 bridgehead atoms. The second kappa shape index (κ2) is 7.57. The van der Waals surface area contributed by atoms with Crippen LogP contribution < -0.4 is 10.6 Å². The Balaban J connectivity index is 2.01. The Kier molecular flexibility index (Phi) is 5.74. The largest absolute Gasteiger partial charge is 0.323 e. The Labute approximate surface area is 140 Å². The van der Waals surface area contributed by atoms with Crippen LogP contribution in [0.1, 0.15) is 31.0 Å². The van der Waals surface area contributed by atoms with Crippen molar-refractivity contribution in [3.63, 3.8) is 0 Å². The molecule has 0 aliphatic rings. The van der Waals surface area contributed by atoms with Gasteiger partial charge < -0.3 is 5.32 Å². The van der Waals surface area contributed by atoms with Gasteiger partial charge in [-0.15, -0.1) is 0 Å². The monoisotopic (exact) mass is 334 g/mol. The smallest absolute Gasteiger partial charge is 0.241 e. The maximum atomic E-state index is 13.0. The van der Waals surface area contributed by atoms with E-state index in [0.717, 1.165) is 5.56 Å². The lowest BCUT2D eigenvalue weighted by molar-refractivity contribution is -0.117. The quantitative estimate of drug-likeness (QED) is 0.847. The standard InChI is InChI=1S/C18H20ClFN2O/c1-11-6-4-5-7-15(11)12(2)21-13(3)18(23)22-17-9-8-14(20)10-16(17)19/h4-10,12-13,21H,1-3H3,(H,22,23)/t12-,13-/m0/s1. The number of anilines is 1. The molecule has 3 nitrogen and oxygen atoms in total. The zero-order valence-electron chi connectivity index (χ0n) is 13.4. The maximum Gasteiger partial charge on any atom is 0.241 e. The molecule has 0 radical (unpaired) electrons. The second-order valence-corrected chi connectivity index (χ2v) is 5.99. The first-order chi connectivity index (χ1) is 10.9. The normalized spacial score (nSPS) is 13.4. The number of halogens is 2.